The molecule has 4 nitrogen and oxygen atoms in total. The van der Waals surface area contributed by atoms with Gasteiger partial charge in [0.05, 0.1) is 11.7 Å². The Hall–Kier alpha value is -2.36. The van der Waals surface area contributed by atoms with E-state index in [1.165, 1.54) is 12.0 Å². The summed E-state index contributed by atoms with van der Waals surface area (Å²) in [6.07, 6.45) is 5.22. The minimum atomic E-state index is -0.0637. The Bertz CT molecular complexity index is 637. The van der Waals surface area contributed by atoms with Crippen LogP contribution in [-0.2, 0) is 6.42 Å². The molecule has 0 radical (unpaired) electrons. The standard InChI is InChI=1S/C17H19N3O/c1-18-17(21)13-7-9-14(10-8-13)20-15-6-2-4-12-5-3-11-19-16(12)15/h3,5,7-11,15,20H,2,4,6H2,1H3,(H,18,21). The smallest absolute Gasteiger partial charge is 0.251 e. The molecule has 3 rings (SSSR count). The average molecular weight is 281 g/mol. The second-order valence-corrected chi connectivity index (χ2v) is 5.29. The van der Waals surface area contributed by atoms with E-state index in [9.17, 15) is 4.79 Å². The number of fused-ring (bicyclic) bond motifs is 1. The zero-order chi connectivity index (χ0) is 14.7. The first-order chi connectivity index (χ1) is 10.3. The van der Waals surface area contributed by atoms with Gasteiger partial charge in [-0.25, -0.2) is 0 Å². The van der Waals surface area contributed by atoms with Gasteiger partial charge in [0.1, 0.15) is 0 Å². The predicted molar refractivity (Wildman–Crippen MR) is 83.4 cm³/mol. The fourth-order valence-corrected chi connectivity index (χ4v) is 2.81. The monoisotopic (exact) mass is 281 g/mol. The van der Waals surface area contributed by atoms with E-state index in [0.29, 0.717) is 5.56 Å². The molecule has 1 heterocycles. The summed E-state index contributed by atoms with van der Waals surface area (Å²) in [7, 11) is 1.64. The number of benzene rings is 1. The molecule has 0 spiro atoms. The largest absolute Gasteiger partial charge is 0.377 e. The van der Waals surface area contributed by atoms with Gasteiger partial charge in [-0.2, -0.15) is 0 Å². The van der Waals surface area contributed by atoms with Gasteiger partial charge in [-0.05, 0) is 55.2 Å². The van der Waals surface area contributed by atoms with Gasteiger partial charge in [-0.3, -0.25) is 9.78 Å². The highest BCUT2D eigenvalue weighted by molar-refractivity contribution is 5.94. The number of aromatic nitrogens is 1. The lowest BCUT2D eigenvalue weighted by Crippen LogP contribution is -2.19. The van der Waals surface area contributed by atoms with E-state index in [1.54, 1.807) is 7.05 Å². The third-order valence-electron chi connectivity index (χ3n) is 3.91. The Morgan fingerprint density at radius 2 is 2.05 bits per heavy atom. The van der Waals surface area contributed by atoms with Crippen molar-refractivity contribution >= 4 is 11.6 Å². The van der Waals surface area contributed by atoms with Gasteiger partial charge in [0.2, 0.25) is 0 Å². The fraction of sp³-hybridized carbons (Fsp3) is 0.294. The molecule has 1 aliphatic rings. The van der Waals surface area contributed by atoms with Crippen LogP contribution < -0.4 is 10.6 Å². The Balaban J connectivity index is 1.77. The topological polar surface area (TPSA) is 54.0 Å². The number of carbonyl (C=O) groups excluding carboxylic acids is 1. The quantitative estimate of drug-likeness (QED) is 0.909. The molecule has 1 unspecified atom stereocenters. The molecule has 108 valence electrons. The molecule has 0 bridgehead atoms. The van der Waals surface area contributed by atoms with Crippen LogP contribution in [0.25, 0.3) is 0 Å². The molecular formula is C17H19N3O. The summed E-state index contributed by atoms with van der Waals surface area (Å²) in [5.74, 6) is -0.0637. The van der Waals surface area contributed by atoms with Crippen LogP contribution in [-0.4, -0.2) is 17.9 Å². The number of carbonyl (C=O) groups is 1. The van der Waals surface area contributed by atoms with Crippen LogP contribution in [0.1, 0.15) is 40.5 Å². The highest BCUT2D eigenvalue weighted by atomic mass is 16.1. The summed E-state index contributed by atoms with van der Waals surface area (Å²) >= 11 is 0. The molecule has 1 amide bonds. The molecule has 1 atom stereocenters. The number of hydrogen-bond acceptors (Lipinski definition) is 3. The van der Waals surface area contributed by atoms with Crippen LogP contribution in [0, 0.1) is 0 Å². The molecule has 0 fully saturated rings. The Morgan fingerprint density at radius 3 is 2.81 bits per heavy atom. The minimum absolute atomic E-state index is 0.0637. The van der Waals surface area contributed by atoms with Crippen molar-refractivity contribution in [3.05, 3.63) is 59.4 Å². The maximum atomic E-state index is 11.5. The number of hydrogen-bond donors (Lipinski definition) is 2. The highest BCUT2D eigenvalue weighted by Gasteiger charge is 2.20. The van der Waals surface area contributed by atoms with Crippen LogP contribution in [0.3, 0.4) is 0 Å². The number of nitrogens with one attached hydrogen (secondary N) is 2. The van der Waals surface area contributed by atoms with Crippen LogP contribution in [0.4, 0.5) is 5.69 Å². The number of anilines is 1. The van der Waals surface area contributed by atoms with Crippen molar-refractivity contribution in [1.29, 1.82) is 0 Å². The third-order valence-corrected chi connectivity index (χ3v) is 3.91. The number of pyridine rings is 1. The molecule has 2 N–H and O–H groups in total. The van der Waals surface area contributed by atoms with Crippen molar-refractivity contribution in [2.24, 2.45) is 0 Å². The molecule has 1 aliphatic carbocycles. The van der Waals surface area contributed by atoms with E-state index < -0.39 is 0 Å². The summed E-state index contributed by atoms with van der Waals surface area (Å²) in [6.45, 7) is 0. The van der Waals surface area contributed by atoms with Crippen molar-refractivity contribution in [2.45, 2.75) is 25.3 Å². The van der Waals surface area contributed by atoms with Crippen molar-refractivity contribution in [3.8, 4) is 0 Å². The molecule has 1 aromatic carbocycles. The first kappa shape index (κ1) is 13.6. The maximum absolute atomic E-state index is 11.5. The lowest BCUT2D eigenvalue weighted by molar-refractivity contribution is 0.0963. The number of amides is 1. The van der Waals surface area contributed by atoms with Crippen molar-refractivity contribution in [3.63, 3.8) is 0 Å². The maximum Gasteiger partial charge on any atom is 0.251 e. The van der Waals surface area contributed by atoms with E-state index >= 15 is 0 Å². The van der Waals surface area contributed by atoms with E-state index in [4.69, 9.17) is 0 Å². The number of nitrogens with zero attached hydrogens (tertiary/aromatic N) is 1. The Kier molecular flexibility index (Phi) is 3.86. The van der Waals surface area contributed by atoms with Crippen molar-refractivity contribution in [2.75, 3.05) is 12.4 Å². The van der Waals surface area contributed by atoms with Gasteiger partial charge < -0.3 is 10.6 Å². The molecule has 0 saturated carbocycles. The first-order valence-corrected chi connectivity index (χ1v) is 7.30. The molecular weight excluding hydrogens is 262 g/mol. The normalized spacial score (nSPS) is 16.9. The Morgan fingerprint density at radius 1 is 1.24 bits per heavy atom. The zero-order valence-electron chi connectivity index (χ0n) is 12.1. The lowest BCUT2D eigenvalue weighted by atomic mass is 9.92. The van der Waals surface area contributed by atoms with Crippen LogP contribution in [0.2, 0.25) is 0 Å². The summed E-state index contributed by atoms with van der Waals surface area (Å²) in [6, 6.07) is 12.0. The number of rotatable bonds is 3. The lowest BCUT2D eigenvalue weighted by Gasteiger charge is -2.26. The molecule has 0 aliphatic heterocycles. The van der Waals surface area contributed by atoms with Gasteiger partial charge in [-0.15, -0.1) is 0 Å². The highest BCUT2D eigenvalue weighted by Crippen LogP contribution is 2.30. The summed E-state index contributed by atoms with van der Waals surface area (Å²) < 4.78 is 0. The SMILES string of the molecule is CNC(=O)c1ccc(NC2CCCc3cccnc32)cc1. The van der Waals surface area contributed by atoms with Crippen LogP contribution in [0.5, 0.6) is 0 Å². The van der Waals surface area contributed by atoms with Crippen molar-refractivity contribution < 1.29 is 4.79 Å². The first-order valence-electron chi connectivity index (χ1n) is 7.30. The molecule has 1 aromatic heterocycles. The minimum Gasteiger partial charge on any atom is -0.377 e. The van der Waals surface area contributed by atoms with Gasteiger partial charge in [0.25, 0.3) is 5.91 Å². The van der Waals surface area contributed by atoms with E-state index in [-0.39, 0.29) is 11.9 Å². The molecule has 0 saturated heterocycles. The average Bonchev–Trinajstić information content (AvgIpc) is 2.55. The van der Waals surface area contributed by atoms with Crippen LogP contribution >= 0.6 is 0 Å². The zero-order valence-corrected chi connectivity index (χ0v) is 12.1. The van der Waals surface area contributed by atoms with Gasteiger partial charge in [0, 0.05) is 24.5 Å². The Labute approximate surface area is 124 Å². The fourth-order valence-electron chi connectivity index (χ4n) is 2.81. The van der Waals surface area contributed by atoms with Gasteiger partial charge >= 0.3 is 0 Å². The van der Waals surface area contributed by atoms with Gasteiger partial charge in [-0.1, -0.05) is 6.07 Å². The second-order valence-electron chi connectivity index (χ2n) is 5.29. The van der Waals surface area contributed by atoms with Crippen LogP contribution in [0.15, 0.2) is 42.6 Å². The van der Waals surface area contributed by atoms with Crippen molar-refractivity contribution in [1.82, 2.24) is 10.3 Å². The molecule has 2 aromatic rings. The second kappa shape index (κ2) is 5.95. The molecule has 21 heavy (non-hydrogen) atoms. The molecule has 4 heteroatoms. The predicted octanol–water partition coefficient (Wildman–Crippen LogP) is 2.93. The number of aryl methyl sites for hydroxylation is 1. The van der Waals surface area contributed by atoms with E-state index in [0.717, 1.165) is 24.2 Å². The summed E-state index contributed by atoms with van der Waals surface area (Å²) in [5.41, 5.74) is 4.18. The summed E-state index contributed by atoms with van der Waals surface area (Å²) in [4.78, 5) is 16.1. The van der Waals surface area contributed by atoms with Gasteiger partial charge in [0.15, 0.2) is 0 Å². The van der Waals surface area contributed by atoms with E-state index in [2.05, 4.69) is 21.7 Å². The summed E-state index contributed by atoms with van der Waals surface area (Å²) in [5, 5.41) is 6.15. The van der Waals surface area contributed by atoms with E-state index in [1.807, 2.05) is 36.5 Å². The third kappa shape index (κ3) is 2.89.